The molecule has 1 saturated carbocycles. The van der Waals surface area contributed by atoms with Crippen molar-refractivity contribution < 1.29 is 14.7 Å². The van der Waals surface area contributed by atoms with Crippen LogP contribution in [0.4, 0.5) is 0 Å². The highest BCUT2D eigenvalue weighted by Gasteiger charge is 2.44. The number of carbonyl (C=O) groups excluding carboxylic acids is 1. The van der Waals surface area contributed by atoms with E-state index in [4.69, 9.17) is 0 Å². The molecule has 0 spiro atoms. The SMILES string of the molecule is CC1CC(=O)N(C(C)C2CCCC2)C(C)C1C(=O)O. The number of rotatable bonds is 3. The molecule has 0 aromatic heterocycles. The number of nitrogens with zero attached hydrogens (tertiary/aromatic N) is 1. The van der Waals surface area contributed by atoms with Gasteiger partial charge < -0.3 is 10.0 Å². The fourth-order valence-corrected chi connectivity index (χ4v) is 4.10. The van der Waals surface area contributed by atoms with E-state index in [-0.39, 0.29) is 23.9 Å². The average molecular weight is 267 g/mol. The standard InChI is InChI=1S/C15H25NO3/c1-9-8-13(17)16(11(3)14(9)15(18)19)10(2)12-6-4-5-7-12/h9-12,14H,4-8H2,1-3H3,(H,18,19). The molecule has 0 radical (unpaired) electrons. The number of aliphatic carboxylic acids is 1. The molecule has 1 N–H and O–H groups in total. The number of likely N-dealkylation sites (tertiary alicyclic amines) is 1. The Morgan fingerprint density at radius 1 is 1.32 bits per heavy atom. The minimum absolute atomic E-state index is 0.0629. The highest BCUT2D eigenvalue weighted by Crippen LogP contribution is 2.36. The summed E-state index contributed by atoms with van der Waals surface area (Å²) in [5, 5.41) is 9.39. The van der Waals surface area contributed by atoms with Crippen LogP contribution < -0.4 is 0 Å². The monoisotopic (exact) mass is 267 g/mol. The summed E-state index contributed by atoms with van der Waals surface area (Å²) in [4.78, 5) is 25.6. The van der Waals surface area contributed by atoms with Gasteiger partial charge in [0.25, 0.3) is 0 Å². The largest absolute Gasteiger partial charge is 0.481 e. The Labute approximate surface area is 115 Å². The number of hydrogen-bond donors (Lipinski definition) is 1. The highest BCUT2D eigenvalue weighted by atomic mass is 16.4. The predicted octanol–water partition coefficient (Wildman–Crippen LogP) is 2.52. The van der Waals surface area contributed by atoms with Gasteiger partial charge in [-0.25, -0.2) is 0 Å². The van der Waals surface area contributed by atoms with Crippen LogP contribution >= 0.6 is 0 Å². The van der Waals surface area contributed by atoms with Crippen molar-refractivity contribution >= 4 is 11.9 Å². The lowest BCUT2D eigenvalue weighted by atomic mass is 9.79. The normalized spacial score (nSPS) is 34.6. The molecule has 2 rings (SSSR count). The van der Waals surface area contributed by atoms with Crippen molar-refractivity contribution in [3.05, 3.63) is 0 Å². The predicted molar refractivity (Wildman–Crippen MR) is 72.6 cm³/mol. The smallest absolute Gasteiger partial charge is 0.308 e. The molecule has 4 nitrogen and oxygen atoms in total. The second-order valence-electron chi connectivity index (χ2n) is 6.37. The van der Waals surface area contributed by atoms with Gasteiger partial charge in [-0.05, 0) is 38.5 Å². The van der Waals surface area contributed by atoms with E-state index in [9.17, 15) is 14.7 Å². The average Bonchev–Trinajstić information content (AvgIpc) is 2.80. The first-order valence-corrected chi connectivity index (χ1v) is 7.47. The first-order chi connectivity index (χ1) is 8.93. The Kier molecular flexibility index (Phi) is 4.16. The van der Waals surface area contributed by atoms with Crippen molar-refractivity contribution in [2.24, 2.45) is 17.8 Å². The number of amides is 1. The van der Waals surface area contributed by atoms with Crippen LogP contribution in [-0.2, 0) is 9.59 Å². The fraction of sp³-hybridized carbons (Fsp3) is 0.867. The summed E-state index contributed by atoms with van der Waals surface area (Å²) in [5.41, 5.74) is 0. The Morgan fingerprint density at radius 2 is 1.89 bits per heavy atom. The minimum atomic E-state index is -0.767. The summed E-state index contributed by atoms with van der Waals surface area (Å²) in [7, 11) is 0. The number of carboxylic acids is 1. The van der Waals surface area contributed by atoms with Gasteiger partial charge in [-0.15, -0.1) is 0 Å². The molecule has 0 aromatic carbocycles. The molecule has 0 aromatic rings. The molecule has 2 aliphatic rings. The van der Waals surface area contributed by atoms with E-state index in [1.807, 2.05) is 18.7 Å². The van der Waals surface area contributed by atoms with Gasteiger partial charge >= 0.3 is 5.97 Å². The van der Waals surface area contributed by atoms with Crippen molar-refractivity contribution in [1.82, 2.24) is 4.90 Å². The highest BCUT2D eigenvalue weighted by molar-refractivity contribution is 5.82. The summed E-state index contributed by atoms with van der Waals surface area (Å²) < 4.78 is 0. The van der Waals surface area contributed by atoms with Crippen molar-refractivity contribution in [3.63, 3.8) is 0 Å². The van der Waals surface area contributed by atoms with E-state index in [1.54, 1.807) is 0 Å². The number of carbonyl (C=O) groups is 2. The van der Waals surface area contributed by atoms with Crippen LogP contribution in [0.3, 0.4) is 0 Å². The Hall–Kier alpha value is -1.06. The first kappa shape index (κ1) is 14.4. The maximum Gasteiger partial charge on any atom is 0.308 e. The van der Waals surface area contributed by atoms with Gasteiger partial charge in [-0.1, -0.05) is 19.8 Å². The summed E-state index contributed by atoms with van der Waals surface area (Å²) in [6, 6.07) is -0.0105. The van der Waals surface area contributed by atoms with Gasteiger partial charge in [0.15, 0.2) is 0 Å². The molecule has 2 fully saturated rings. The summed E-state index contributed by atoms with van der Waals surface area (Å²) in [5.74, 6) is -0.573. The van der Waals surface area contributed by atoms with Gasteiger partial charge in [0.2, 0.25) is 5.91 Å². The number of hydrogen-bond acceptors (Lipinski definition) is 2. The van der Waals surface area contributed by atoms with Crippen LogP contribution in [0.5, 0.6) is 0 Å². The third-order valence-corrected chi connectivity index (χ3v) is 5.16. The minimum Gasteiger partial charge on any atom is -0.481 e. The van der Waals surface area contributed by atoms with Gasteiger partial charge in [-0.2, -0.15) is 0 Å². The van der Waals surface area contributed by atoms with E-state index in [1.165, 1.54) is 25.7 Å². The Balaban J connectivity index is 2.17. The molecule has 108 valence electrons. The molecule has 0 bridgehead atoms. The number of carboxylic acid groups (broad SMARTS) is 1. The molecule has 4 atom stereocenters. The van der Waals surface area contributed by atoms with E-state index in [2.05, 4.69) is 6.92 Å². The first-order valence-electron chi connectivity index (χ1n) is 7.47. The zero-order valence-corrected chi connectivity index (χ0v) is 12.1. The second-order valence-corrected chi connectivity index (χ2v) is 6.37. The molecular formula is C15H25NO3. The van der Waals surface area contributed by atoms with Crippen LogP contribution in [-0.4, -0.2) is 34.0 Å². The zero-order chi connectivity index (χ0) is 14.2. The molecule has 1 amide bonds. The molecule has 4 heteroatoms. The summed E-state index contributed by atoms with van der Waals surface area (Å²) in [6.07, 6.45) is 5.20. The summed E-state index contributed by atoms with van der Waals surface area (Å²) in [6.45, 7) is 5.88. The lowest BCUT2D eigenvalue weighted by molar-refractivity contribution is -0.157. The van der Waals surface area contributed by atoms with Crippen LogP contribution in [0.25, 0.3) is 0 Å². The molecule has 1 aliphatic heterocycles. The summed E-state index contributed by atoms with van der Waals surface area (Å²) >= 11 is 0. The third kappa shape index (κ3) is 2.63. The van der Waals surface area contributed by atoms with Crippen LogP contribution in [0, 0.1) is 17.8 Å². The second kappa shape index (κ2) is 5.51. The lowest BCUT2D eigenvalue weighted by Gasteiger charge is -2.45. The Morgan fingerprint density at radius 3 is 2.42 bits per heavy atom. The van der Waals surface area contributed by atoms with Crippen LogP contribution in [0.2, 0.25) is 0 Å². The van der Waals surface area contributed by atoms with Crippen molar-refractivity contribution in [2.75, 3.05) is 0 Å². The quantitative estimate of drug-likeness (QED) is 0.854. The van der Waals surface area contributed by atoms with Crippen molar-refractivity contribution in [2.45, 2.75) is 65.0 Å². The lowest BCUT2D eigenvalue weighted by Crippen LogP contribution is -2.57. The number of piperidine rings is 1. The molecule has 19 heavy (non-hydrogen) atoms. The van der Waals surface area contributed by atoms with Crippen molar-refractivity contribution in [3.8, 4) is 0 Å². The molecule has 1 aliphatic carbocycles. The van der Waals surface area contributed by atoms with Gasteiger partial charge in [0.1, 0.15) is 0 Å². The molecule has 1 heterocycles. The molecule has 1 saturated heterocycles. The van der Waals surface area contributed by atoms with E-state index in [0.29, 0.717) is 12.3 Å². The Bertz CT molecular complexity index is 362. The van der Waals surface area contributed by atoms with Gasteiger partial charge in [0.05, 0.1) is 5.92 Å². The molecular weight excluding hydrogens is 242 g/mol. The van der Waals surface area contributed by atoms with E-state index in [0.717, 1.165) is 0 Å². The van der Waals surface area contributed by atoms with Crippen molar-refractivity contribution in [1.29, 1.82) is 0 Å². The molecule has 4 unspecified atom stereocenters. The fourth-order valence-electron chi connectivity index (χ4n) is 4.10. The van der Waals surface area contributed by atoms with Crippen LogP contribution in [0.15, 0.2) is 0 Å². The van der Waals surface area contributed by atoms with Crippen LogP contribution in [0.1, 0.15) is 52.9 Å². The van der Waals surface area contributed by atoms with E-state index >= 15 is 0 Å². The third-order valence-electron chi connectivity index (χ3n) is 5.16. The topological polar surface area (TPSA) is 57.6 Å². The van der Waals surface area contributed by atoms with Gasteiger partial charge in [-0.3, -0.25) is 9.59 Å². The maximum atomic E-state index is 12.3. The van der Waals surface area contributed by atoms with E-state index < -0.39 is 11.9 Å². The van der Waals surface area contributed by atoms with Gasteiger partial charge in [0, 0.05) is 18.5 Å². The zero-order valence-electron chi connectivity index (χ0n) is 12.1. The maximum absolute atomic E-state index is 12.3.